The lowest BCUT2D eigenvalue weighted by Gasteiger charge is -2.18. The van der Waals surface area contributed by atoms with E-state index in [0.29, 0.717) is 11.5 Å². The molecule has 1 saturated carbocycles. The molecule has 1 unspecified atom stereocenters. The third kappa shape index (κ3) is 3.32. The molecule has 1 atom stereocenters. The second-order valence-corrected chi connectivity index (χ2v) is 4.87. The van der Waals surface area contributed by atoms with Gasteiger partial charge in [0.15, 0.2) is 0 Å². The van der Waals surface area contributed by atoms with Gasteiger partial charge in [-0.15, -0.1) is 0 Å². The van der Waals surface area contributed by atoms with Gasteiger partial charge in [-0.2, -0.15) is 5.10 Å². The van der Waals surface area contributed by atoms with E-state index >= 15 is 0 Å². The summed E-state index contributed by atoms with van der Waals surface area (Å²) in [7, 11) is 0. The van der Waals surface area contributed by atoms with Gasteiger partial charge in [0.2, 0.25) is 0 Å². The highest BCUT2D eigenvalue weighted by Gasteiger charge is 2.14. The Labute approximate surface area is 107 Å². The molecule has 2 N–H and O–H groups in total. The van der Waals surface area contributed by atoms with Gasteiger partial charge in [0, 0.05) is 11.3 Å². The van der Waals surface area contributed by atoms with E-state index in [1.165, 1.54) is 18.6 Å². The Hall–Kier alpha value is -1.84. The molecule has 96 valence electrons. The molecule has 0 aromatic heterocycles. The third-order valence-corrected chi connectivity index (χ3v) is 3.19. The van der Waals surface area contributed by atoms with Crippen molar-refractivity contribution in [3.05, 3.63) is 29.8 Å². The Morgan fingerprint density at radius 2 is 2.11 bits per heavy atom. The minimum absolute atomic E-state index is 0.152. The summed E-state index contributed by atoms with van der Waals surface area (Å²) in [6.45, 7) is 2.20. The van der Waals surface area contributed by atoms with Crippen LogP contribution >= 0.6 is 0 Å². The molecule has 4 nitrogen and oxygen atoms in total. The Balaban J connectivity index is 1.95. The highest BCUT2D eigenvalue weighted by atomic mass is 16.3. The molecule has 0 heterocycles. The van der Waals surface area contributed by atoms with E-state index in [1.54, 1.807) is 12.1 Å². The van der Waals surface area contributed by atoms with E-state index < -0.39 is 0 Å². The number of rotatable bonds is 2. The van der Waals surface area contributed by atoms with Crippen molar-refractivity contribution in [3.63, 3.8) is 0 Å². The highest BCUT2D eigenvalue weighted by molar-refractivity contribution is 5.95. The maximum Gasteiger partial charge on any atom is 0.271 e. The molecule has 1 amide bonds. The Morgan fingerprint density at radius 1 is 1.39 bits per heavy atom. The third-order valence-electron chi connectivity index (χ3n) is 3.19. The van der Waals surface area contributed by atoms with E-state index in [-0.39, 0.29) is 11.7 Å². The molecule has 2 rings (SSSR count). The summed E-state index contributed by atoms with van der Waals surface area (Å²) in [6.07, 6.45) is 4.33. The average Bonchev–Trinajstić information content (AvgIpc) is 2.37. The van der Waals surface area contributed by atoms with Crippen molar-refractivity contribution in [1.82, 2.24) is 5.43 Å². The van der Waals surface area contributed by atoms with Gasteiger partial charge in [-0.3, -0.25) is 4.79 Å². The Kier molecular flexibility index (Phi) is 3.97. The van der Waals surface area contributed by atoms with Crippen LogP contribution in [0.1, 0.15) is 43.0 Å². The van der Waals surface area contributed by atoms with Gasteiger partial charge in [-0.25, -0.2) is 5.43 Å². The fourth-order valence-electron chi connectivity index (χ4n) is 2.17. The Morgan fingerprint density at radius 3 is 2.78 bits per heavy atom. The number of benzene rings is 1. The summed E-state index contributed by atoms with van der Waals surface area (Å²) in [6, 6.07) is 6.14. The van der Waals surface area contributed by atoms with Gasteiger partial charge < -0.3 is 5.11 Å². The molecule has 18 heavy (non-hydrogen) atoms. The molecule has 0 saturated heterocycles. The number of phenolic OH excluding ortho intramolecular Hbond substituents is 1. The van der Waals surface area contributed by atoms with E-state index in [2.05, 4.69) is 17.5 Å². The Bertz CT molecular complexity index is 451. The normalized spacial score (nSPS) is 21.8. The predicted octanol–water partition coefficient (Wildman–Crippen LogP) is 2.69. The van der Waals surface area contributed by atoms with Gasteiger partial charge in [0.1, 0.15) is 5.75 Å². The first-order valence-electron chi connectivity index (χ1n) is 6.30. The van der Waals surface area contributed by atoms with Crippen molar-refractivity contribution in [2.75, 3.05) is 0 Å². The van der Waals surface area contributed by atoms with Crippen molar-refractivity contribution in [2.45, 2.75) is 32.6 Å². The summed E-state index contributed by atoms with van der Waals surface area (Å²) in [5, 5.41) is 13.3. The molecule has 0 aliphatic heterocycles. The molecule has 1 aliphatic carbocycles. The number of amides is 1. The number of carbonyl (C=O) groups is 1. The number of hydrogen-bond acceptors (Lipinski definition) is 3. The average molecular weight is 246 g/mol. The van der Waals surface area contributed by atoms with Gasteiger partial charge >= 0.3 is 0 Å². The zero-order valence-corrected chi connectivity index (χ0v) is 10.5. The summed E-state index contributed by atoms with van der Waals surface area (Å²) in [5.74, 6) is 0.572. The van der Waals surface area contributed by atoms with Crippen LogP contribution in [-0.2, 0) is 0 Å². The topological polar surface area (TPSA) is 61.7 Å². The van der Waals surface area contributed by atoms with Crippen molar-refractivity contribution < 1.29 is 9.90 Å². The van der Waals surface area contributed by atoms with E-state index in [9.17, 15) is 4.79 Å². The van der Waals surface area contributed by atoms with Crippen molar-refractivity contribution in [2.24, 2.45) is 11.0 Å². The lowest BCUT2D eigenvalue weighted by Crippen LogP contribution is -2.22. The second-order valence-electron chi connectivity index (χ2n) is 4.87. The lowest BCUT2D eigenvalue weighted by molar-refractivity contribution is 0.0954. The second kappa shape index (κ2) is 5.67. The fourth-order valence-corrected chi connectivity index (χ4v) is 2.17. The predicted molar refractivity (Wildman–Crippen MR) is 70.6 cm³/mol. The van der Waals surface area contributed by atoms with Crippen molar-refractivity contribution in [3.8, 4) is 5.75 Å². The number of phenols is 1. The number of nitrogens with zero attached hydrogens (tertiary/aromatic N) is 1. The summed E-state index contributed by atoms with van der Waals surface area (Å²) in [4.78, 5) is 11.8. The fraction of sp³-hybridized carbons (Fsp3) is 0.429. The minimum Gasteiger partial charge on any atom is -0.508 e. The monoisotopic (exact) mass is 246 g/mol. The number of nitrogens with one attached hydrogen (secondary N) is 1. The van der Waals surface area contributed by atoms with E-state index in [0.717, 1.165) is 25.0 Å². The molecule has 0 spiro atoms. The summed E-state index contributed by atoms with van der Waals surface area (Å²) >= 11 is 0. The van der Waals surface area contributed by atoms with Gasteiger partial charge in [0.05, 0.1) is 0 Å². The van der Waals surface area contributed by atoms with E-state index in [4.69, 9.17) is 5.11 Å². The van der Waals surface area contributed by atoms with Crippen LogP contribution < -0.4 is 5.43 Å². The number of hydrazone groups is 1. The van der Waals surface area contributed by atoms with Gasteiger partial charge in [-0.1, -0.05) is 6.92 Å². The molecule has 1 aromatic rings. The number of aromatic hydroxyl groups is 1. The van der Waals surface area contributed by atoms with Crippen molar-refractivity contribution >= 4 is 11.6 Å². The van der Waals surface area contributed by atoms with Crippen LogP contribution in [0, 0.1) is 5.92 Å². The quantitative estimate of drug-likeness (QED) is 0.788. The molecule has 1 aliphatic rings. The maximum atomic E-state index is 11.8. The van der Waals surface area contributed by atoms with Crippen LogP contribution in [0.5, 0.6) is 5.75 Å². The molecule has 1 fully saturated rings. The molecule has 4 heteroatoms. The van der Waals surface area contributed by atoms with Gasteiger partial charge in [0.25, 0.3) is 5.91 Å². The first-order valence-corrected chi connectivity index (χ1v) is 6.30. The van der Waals surface area contributed by atoms with Crippen LogP contribution in [-0.4, -0.2) is 16.7 Å². The SMILES string of the molecule is CC1CCC/C(=N\NC(=O)c2ccc(O)cc2)C1. The first kappa shape index (κ1) is 12.6. The molecule has 1 aromatic carbocycles. The van der Waals surface area contributed by atoms with Crippen molar-refractivity contribution in [1.29, 1.82) is 0 Å². The van der Waals surface area contributed by atoms with Gasteiger partial charge in [-0.05, 0) is 55.9 Å². The molecule has 0 radical (unpaired) electrons. The summed E-state index contributed by atoms with van der Waals surface area (Å²) in [5.41, 5.74) is 4.15. The zero-order valence-electron chi connectivity index (χ0n) is 10.5. The molecular formula is C14H18N2O2. The maximum absolute atomic E-state index is 11.8. The van der Waals surface area contributed by atoms with Crippen LogP contribution in [0.15, 0.2) is 29.4 Å². The zero-order chi connectivity index (χ0) is 13.0. The van der Waals surface area contributed by atoms with E-state index in [1.807, 2.05) is 0 Å². The summed E-state index contributed by atoms with van der Waals surface area (Å²) < 4.78 is 0. The smallest absolute Gasteiger partial charge is 0.271 e. The molecule has 0 bridgehead atoms. The minimum atomic E-state index is -0.235. The van der Waals surface area contributed by atoms with Crippen LogP contribution in [0.3, 0.4) is 0 Å². The number of carbonyl (C=O) groups excluding carboxylic acids is 1. The standard InChI is InChI=1S/C14H18N2O2/c1-10-3-2-4-12(9-10)15-16-14(18)11-5-7-13(17)8-6-11/h5-8,10,17H,2-4,9H2,1H3,(H,16,18)/b15-12+. The van der Waals surface area contributed by atoms with Crippen LogP contribution in [0.4, 0.5) is 0 Å². The molecular weight excluding hydrogens is 228 g/mol. The van der Waals surface area contributed by atoms with Crippen LogP contribution in [0.25, 0.3) is 0 Å². The lowest BCUT2D eigenvalue weighted by atomic mass is 9.89. The number of hydrogen-bond donors (Lipinski definition) is 2. The largest absolute Gasteiger partial charge is 0.508 e. The highest BCUT2D eigenvalue weighted by Crippen LogP contribution is 2.21. The first-order chi connectivity index (χ1) is 8.65. The van der Waals surface area contributed by atoms with Crippen LogP contribution in [0.2, 0.25) is 0 Å².